The van der Waals surface area contributed by atoms with Crippen LogP contribution in [0.15, 0.2) is 12.1 Å². The van der Waals surface area contributed by atoms with Gasteiger partial charge in [0.05, 0.1) is 18.8 Å². The normalized spacial score (nSPS) is 24.0. The Morgan fingerprint density at radius 2 is 1.87 bits per heavy atom. The highest BCUT2D eigenvalue weighted by atomic mass is 19.4. The third-order valence-electron chi connectivity index (χ3n) is 4.39. The molecule has 2 fully saturated rings. The fourth-order valence-corrected chi connectivity index (χ4v) is 3.07. The zero-order chi connectivity index (χ0) is 16.8. The van der Waals surface area contributed by atoms with E-state index in [9.17, 15) is 22.4 Å². The van der Waals surface area contributed by atoms with E-state index in [1.165, 1.54) is 6.92 Å². The molecule has 4 nitrogen and oxygen atoms in total. The summed E-state index contributed by atoms with van der Waals surface area (Å²) in [5, 5.41) is 2.46. The van der Waals surface area contributed by atoms with Crippen LogP contribution >= 0.6 is 0 Å². The zero-order valence-electron chi connectivity index (χ0n) is 12.4. The van der Waals surface area contributed by atoms with E-state index in [4.69, 9.17) is 4.74 Å². The first kappa shape index (κ1) is 16.0. The van der Waals surface area contributed by atoms with Gasteiger partial charge in [-0.05, 0) is 24.6 Å². The van der Waals surface area contributed by atoms with Gasteiger partial charge in [-0.15, -0.1) is 0 Å². The predicted octanol–water partition coefficient (Wildman–Crippen LogP) is 3.26. The summed E-state index contributed by atoms with van der Waals surface area (Å²) < 4.78 is 57.1. The highest BCUT2D eigenvalue weighted by Gasteiger charge is 2.39. The lowest BCUT2D eigenvalue weighted by Gasteiger charge is -2.20. The zero-order valence-corrected chi connectivity index (χ0v) is 12.4. The van der Waals surface area contributed by atoms with Crippen molar-refractivity contribution in [2.24, 2.45) is 11.8 Å². The summed E-state index contributed by atoms with van der Waals surface area (Å²) in [6.07, 6.45) is -4.81. The number of hydrogen-bond acceptors (Lipinski definition) is 2. The lowest BCUT2D eigenvalue weighted by Crippen LogP contribution is -2.34. The van der Waals surface area contributed by atoms with Gasteiger partial charge < -0.3 is 15.0 Å². The minimum atomic E-state index is -4.81. The second-order valence-electron chi connectivity index (χ2n) is 6.04. The number of anilines is 1. The number of carbonyl (C=O) groups excluding carboxylic acids is 1. The molecule has 126 valence electrons. The molecule has 1 aromatic rings. The quantitative estimate of drug-likeness (QED) is 0.802. The Kier molecular flexibility index (Phi) is 3.95. The third kappa shape index (κ3) is 3.12. The summed E-state index contributed by atoms with van der Waals surface area (Å²) in [6.45, 7) is 3.68. The van der Waals surface area contributed by atoms with Gasteiger partial charge in [0.25, 0.3) is 0 Å². The molecule has 2 aliphatic rings. The van der Waals surface area contributed by atoms with Crippen molar-refractivity contribution in [1.29, 1.82) is 0 Å². The maximum absolute atomic E-state index is 13.5. The molecule has 2 saturated heterocycles. The first-order valence-corrected chi connectivity index (χ1v) is 7.26. The van der Waals surface area contributed by atoms with Crippen molar-refractivity contribution in [3.8, 4) is 0 Å². The Labute approximate surface area is 130 Å². The van der Waals surface area contributed by atoms with Gasteiger partial charge in [0.15, 0.2) is 0 Å². The van der Waals surface area contributed by atoms with Crippen molar-refractivity contribution < 1.29 is 27.1 Å². The summed E-state index contributed by atoms with van der Waals surface area (Å²) >= 11 is 0. The molecule has 1 N–H and O–H groups in total. The number of rotatable bonds is 1. The molecule has 0 unspecified atom stereocenters. The van der Waals surface area contributed by atoms with E-state index in [1.54, 1.807) is 4.90 Å². The number of benzene rings is 1. The molecule has 2 atom stereocenters. The van der Waals surface area contributed by atoms with Gasteiger partial charge >= 0.3 is 12.2 Å². The van der Waals surface area contributed by atoms with Crippen molar-refractivity contribution in [1.82, 2.24) is 4.90 Å². The van der Waals surface area contributed by atoms with Gasteiger partial charge in [-0.1, -0.05) is 0 Å². The van der Waals surface area contributed by atoms with E-state index in [0.717, 1.165) is 6.07 Å². The topological polar surface area (TPSA) is 41.6 Å². The van der Waals surface area contributed by atoms with Crippen molar-refractivity contribution in [3.63, 3.8) is 0 Å². The predicted molar refractivity (Wildman–Crippen MR) is 74.5 cm³/mol. The average Bonchev–Trinajstić information content (AvgIpc) is 3.01. The first-order chi connectivity index (χ1) is 10.8. The standard InChI is InChI=1S/C15H16F4N2O2/c1-8-2-12(16)11(15(17,18)19)3-13(8)20-14(22)21-4-9-6-23-7-10(9)5-21/h2-3,9-10H,4-7H2,1H3,(H,20,22)/t9-,10+. The van der Waals surface area contributed by atoms with E-state index in [1.807, 2.05) is 0 Å². The molecule has 0 aliphatic carbocycles. The van der Waals surface area contributed by atoms with Crippen molar-refractivity contribution >= 4 is 11.7 Å². The number of hydrogen-bond donors (Lipinski definition) is 1. The van der Waals surface area contributed by atoms with Crippen LogP contribution in [-0.2, 0) is 10.9 Å². The number of likely N-dealkylation sites (tertiary alicyclic amines) is 1. The Morgan fingerprint density at radius 3 is 2.43 bits per heavy atom. The molecule has 0 aromatic heterocycles. The summed E-state index contributed by atoms with van der Waals surface area (Å²) in [4.78, 5) is 13.8. The number of halogens is 4. The maximum Gasteiger partial charge on any atom is 0.419 e. The van der Waals surface area contributed by atoms with Crippen LogP contribution in [0.5, 0.6) is 0 Å². The van der Waals surface area contributed by atoms with Crippen LogP contribution in [0.4, 0.5) is 28.0 Å². The Hall–Kier alpha value is -1.83. The van der Waals surface area contributed by atoms with Crippen LogP contribution in [0.25, 0.3) is 0 Å². The molecular formula is C15H16F4N2O2. The Morgan fingerprint density at radius 1 is 1.26 bits per heavy atom. The highest BCUT2D eigenvalue weighted by molar-refractivity contribution is 5.90. The van der Waals surface area contributed by atoms with Crippen molar-refractivity contribution in [2.45, 2.75) is 13.1 Å². The van der Waals surface area contributed by atoms with Crippen molar-refractivity contribution in [2.75, 3.05) is 31.6 Å². The largest absolute Gasteiger partial charge is 0.419 e. The molecule has 0 radical (unpaired) electrons. The molecule has 2 amide bonds. The molecule has 2 heterocycles. The molecule has 3 rings (SSSR count). The van der Waals surface area contributed by atoms with Gasteiger partial charge in [-0.3, -0.25) is 0 Å². The molecule has 2 aliphatic heterocycles. The molecule has 0 saturated carbocycles. The summed E-state index contributed by atoms with van der Waals surface area (Å²) in [5.74, 6) is -0.789. The van der Waals surface area contributed by atoms with Crippen molar-refractivity contribution in [3.05, 3.63) is 29.1 Å². The molecule has 23 heavy (non-hydrogen) atoms. The SMILES string of the molecule is Cc1cc(F)c(C(F)(F)F)cc1NC(=O)N1C[C@H]2COC[C@H]2C1. The molecule has 1 aromatic carbocycles. The van der Waals surface area contributed by atoms with E-state index in [0.29, 0.717) is 32.4 Å². The fourth-order valence-electron chi connectivity index (χ4n) is 3.07. The van der Waals surface area contributed by atoms with E-state index >= 15 is 0 Å². The number of nitrogens with one attached hydrogen (secondary N) is 1. The van der Waals surface area contributed by atoms with E-state index < -0.39 is 23.6 Å². The van der Waals surface area contributed by atoms with E-state index in [2.05, 4.69) is 5.32 Å². The molecule has 0 bridgehead atoms. The fraction of sp³-hybridized carbons (Fsp3) is 0.533. The minimum absolute atomic E-state index is 0.0305. The van der Waals surface area contributed by atoms with Gasteiger partial charge in [0.2, 0.25) is 0 Å². The number of nitrogens with zero attached hydrogens (tertiary/aromatic N) is 1. The third-order valence-corrected chi connectivity index (χ3v) is 4.39. The highest BCUT2D eigenvalue weighted by Crippen LogP contribution is 2.35. The van der Waals surface area contributed by atoms with Crippen LogP contribution < -0.4 is 5.32 Å². The molecular weight excluding hydrogens is 316 g/mol. The second kappa shape index (κ2) is 5.67. The maximum atomic E-state index is 13.5. The number of aryl methyl sites for hydroxylation is 1. The summed E-state index contributed by atoms with van der Waals surface area (Å²) in [5.41, 5.74) is -1.17. The molecule has 8 heteroatoms. The Balaban J connectivity index is 1.76. The van der Waals surface area contributed by atoms with Gasteiger partial charge in [-0.25, -0.2) is 9.18 Å². The lowest BCUT2D eigenvalue weighted by atomic mass is 10.0. The number of urea groups is 1. The monoisotopic (exact) mass is 332 g/mol. The lowest BCUT2D eigenvalue weighted by molar-refractivity contribution is -0.139. The number of amides is 2. The second-order valence-corrected chi connectivity index (χ2v) is 6.04. The van der Waals surface area contributed by atoms with Crippen LogP contribution in [0.2, 0.25) is 0 Å². The van der Waals surface area contributed by atoms with E-state index in [-0.39, 0.29) is 23.1 Å². The number of fused-ring (bicyclic) bond motifs is 1. The average molecular weight is 332 g/mol. The number of ether oxygens (including phenoxy) is 1. The van der Waals surface area contributed by atoms with Crippen LogP contribution in [-0.4, -0.2) is 37.2 Å². The van der Waals surface area contributed by atoms with Gasteiger partial charge in [0, 0.05) is 30.6 Å². The number of carbonyl (C=O) groups is 1. The summed E-state index contributed by atoms with van der Waals surface area (Å²) in [7, 11) is 0. The Bertz CT molecular complexity index is 621. The first-order valence-electron chi connectivity index (χ1n) is 7.26. The summed E-state index contributed by atoms with van der Waals surface area (Å²) in [6, 6.07) is 0.954. The number of alkyl halides is 3. The van der Waals surface area contributed by atoms with Crippen LogP contribution in [0.1, 0.15) is 11.1 Å². The minimum Gasteiger partial charge on any atom is -0.381 e. The van der Waals surface area contributed by atoms with Crippen LogP contribution in [0.3, 0.4) is 0 Å². The molecule has 0 spiro atoms. The van der Waals surface area contributed by atoms with Crippen LogP contribution in [0, 0.1) is 24.6 Å². The van der Waals surface area contributed by atoms with Gasteiger partial charge in [0.1, 0.15) is 5.82 Å². The smallest absolute Gasteiger partial charge is 0.381 e. The van der Waals surface area contributed by atoms with Gasteiger partial charge in [-0.2, -0.15) is 13.2 Å².